The number of phenolic OH excluding ortho intramolecular Hbond substituents is 1. The number of benzene rings is 2. The van der Waals surface area contributed by atoms with Crippen molar-refractivity contribution in [3.8, 4) is 17.2 Å². The first-order valence-corrected chi connectivity index (χ1v) is 13.2. The van der Waals surface area contributed by atoms with Crippen molar-refractivity contribution in [3.63, 3.8) is 0 Å². The Bertz CT molecular complexity index is 1050. The van der Waals surface area contributed by atoms with E-state index in [4.69, 9.17) is 9.47 Å². The number of phenols is 1. The predicted octanol–water partition coefficient (Wildman–Crippen LogP) is 5.34. The van der Waals surface area contributed by atoms with Gasteiger partial charge in [-0.2, -0.15) is 0 Å². The molecule has 3 unspecified atom stereocenters. The summed E-state index contributed by atoms with van der Waals surface area (Å²) in [4.78, 5) is 25.2. The Morgan fingerprint density at radius 2 is 1.79 bits per heavy atom. The van der Waals surface area contributed by atoms with Gasteiger partial charge in [0.25, 0.3) is 5.91 Å². The fraction of sp³-hybridized carbons (Fsp3) is 0.391. The highest BCUT2D eigenvalue weighted by atomic mass is 79.9. The van der Waals surface area contributed by atoms with Crippen molar-refractivity contribution in [2.75, 3.05) is 6.61 Å². The van der Waals surface area contributed by atoms with Crippen LogP contribution in [0.25, 0.3) is 0 Å². The lowest BCUT2D eigenvalue weighted by Gasteiger charge is -2.21. The van der Waals surface area contributed by atoms with Crippen molar-refractivity contribution in [1.82, 2.24) is 5.32 Å². The van der Waals surface area contributed by atoms with E-state index in [2.05, 4.69) is 37.2 Å². The van der Waals surface area contributed by atoms with Crippen LogP contribution in [0.5, 0.6) is 17.2 Å². The SMILES string of the molecule is CCCOC(=O)C(NC(=O)c1cc(Oc2c(Br)cc(C(C)(O)[PH2]=O)cc2Br)ccc1O)C(C)C. The summed E-state index contributed by atoms with van der Waals surface area (Å²) < 4.78 is 23.4. The zero-order valence-corrected chi connectivity index (χ0v) is 23.6. The Balaban J connectivity index is 2.31. The molecular formula is C23H28Br2NO7P. The number of ether oxygens (including phenoxy) is 2. The van der Waals surface area contributed by atoms with E-state index < -0.39 is 31.7 Å². The Hall–Kier alpha value is -1.87. The second-order valence-corrected chi connectivity index (χ2v) is 11.2. The molecule has 0 radical (unpaired) electrons. The monoisotopic (exact) mass is 619 g/mol. The van der Waals surface area contributed by atoms with Crippen LogP contribution in [-0.4, -0.2) is 34.7 Å². The van der Waals surface area contributed by atoms with E-state index in [-0.39, 0.29) is 29.6 Å². The van der Waals surface area contributed by atoms with Gasteiger partial charge in [0.2, 0.25) is 0 Å². The highest BCUT2D eigenvalue weighted by molar-refractivity contribution is 9.11. The molecule has 11 heteroatoms. The van der Waals surface area contributed by atoms with Gasteiger partial charge in [0.05, 0.1) is 29.6 Å². The third-order valence-corrected chi connectivity index (χ3v) is 6.87. The van der Waals surface area contributed by atoms with E-state index in [0.717, 1.165) is 0 Å². The summed E-state index contributed by atoms with van der Waals surface area (Å²) >= 11 is 6.77. The Labute approximate surface area is 216 Å². The number of aromatic hydroxyl groups is 1. The smallest absolute Gasteiger partial charge is 0.328 e. The van der Waals surface area contributed by atoms with E-state index in [0.29, 0.717) is 26.7 Å². The summed E-state index contributed by atoms with van der Waals surface area (Å²) in [6, 6.07) is 6.44. The molecule has 2 rings (SSSR count). The molecule has 0 aliphatic carbocycles. The number of hydrogen-bond acceptors (Lipinski definition) is 7. The largest absolute Gasteiger partial charge is 0.507 e. The van der Waals surface area contributed by atoms with Crippen molar-refractivity contribution in [1.29, 1.82) is 0 Å². The van der Waals surface area contributed by atoms with Gasteiger partial charge in [0, 0.05) is 0 Å². The van der Waals surface area contributed by atoms with Gasteiger partial charge < -0.3 is 29.6 Å². The molecule has 0 aromatic heterocycles. The van der Waals surface area contributed by atoms with Crippen LogP contribution in [0.15, 0.2) is 39.3 Å². The summed E-state index contributed by atoms with van der Waals surface area (Å²) in [6.07, 6.45) is 0.659. The highest BCUT2D eigenvalue weighted by Gasteiger charge is 2.28. The molecule has 3 N–H and O–H groups in total. The summed E-state index contributed by atoms with van der Waals surface area (Å²) in [7, 11) is -1.48. The lowest BCUT2D eigenvalue weighted by Crippen LogP contribution is -2.45. The first-order valence-electron chi connectivity index (χ1n) is 10.6. The van der Waals surface area contributed by atoms with Crippen molar-refractivity contribution < 1.29 is 33.8 Å². The van der Waals surface area contributed by atoms with Crippen LogP contribution in [0.4, 0.5) is 0 Å². The minimum Gasteiger partial charge on any atom is -0.507 e. The summed E-state index contributed by atoms with van der Waals surface area (Å²) in [6.45, 7) is 7.14. The van der Waals surface area contributed by atoms with Gasteiger partial charge in [-0.3, -0.25) is 4.79 Å². The van der Waals surface area contributed by atoms with Crippen LogP contribution in [-0.2, 0) is 19.4 Å². The molecule has 0 saturated carbocycles. The number of carbonyl (C=O) groups excluding carboxylic acids is 2. The first kappa shape index (κ1) is 28.4. The van der Waals surface area contributed by atoms with Gasteiger partial charge in [-0.05, 0) is 87.0 Å². The Morgan fingerprint density at radius 1 is 1.18 bits per heavy atom. The van der Waals surface area contributed by atoms with Crippen molar-refractivity contribution in [3.05, 3.63) is 50.4 Å². The maximum absolute atomic E-state index is 12.9. The molecule has 3 atom stereocenters. The average Bonchev–Trinajstić information content (AvgIpc) is 2.78. The number of halogens is 2. The van der Waals surface area contributed by atoms with E-state index in [1.807, 2.05) is 6.92 Å². The van der Waals surface area contributed by atoms with E-state index in [1.165, 1.54) is 25.1 Å². The minimum absolute atomic E-state index is 0.0757. The maximum Gasteiger partial charge on any atom is 0.328 e. The van der Waals surface area contributed by atoms with Gasteiger partial charge in [0.15, 0.2) is 5.75 Å². The second kappa shape index (κ2) is 12.2. The fourth-order valence-electron chi connectivity index (χ4n) is 2.91. The normalized spacial score (nSPS) is 14.1. The molecule has 34 heavy (non-hydrogen) atoms. The quantitative estimate of drug-likeness (QED) is 0.242. The highest BCUT2D eigenvalue weighted by Crippen LogP contribution is 2.42. The first-order chi connectivity index (χ1) is 15.9. The Kier molecular flexibility index (Phi) is 10.2. The third-order valence-electron chi connectivity index (χ3n) is 4.90. The lowest BCUT2D eigenvalue weighted by atomic mass is 10.0. The summed E-state index contributed by atoms with van der Waals surface area (Å²) in [5, 5.41) is 21.7. The average molecular weight is 621 g/mol. The number of aliphatic hydroxyl groups is 1. The zero-order valence-electron chi connectivity index (χ0n) is 19.2. The van der Waals surface area contributed by atoms with Gasteiger partial charge in [0.1, 0.15) is 22.9 Å². The molecule has 8 nitrogen and oxygen atoms in total. The molecule has 0 aliphatic rings. The van der Waals surface area contributed by atoms with E-state index in [9.17, 15) is 24.4 Å². The lowest BCUT2D eigenvalue weighted by molar-refractivity contribution is -0.147. The summed E-state index contributed by atoms with van der Waals surface area (Å²) in [5.41, 5.74) is 0.359. The zero-order chi connectivity index (χ0) is 25.6. The second-order valence-electron chi connectivity index (χ2n) is 8.18. The van der Waals surface area contributed by atoms with Crippen LogP contribution in [0, 0.1) is 5.92 Å². The van der Waals surface area contributed by atoms with E-state index >= 15 is 0 Å². The molecule has 2 aromatic carbocycles. The molecule has 0 bridgehead atoms. The molecule has 0 fully saturated rings. The number of carbonyl (C=O) groups is 2. The molecule has 186 valence electrons. The molecule has 0 heterocycles. The number of rotatable bonds is 10. The molecule has 2 aromatic rings. The van der Waals surface area contributed by atoms with Crippen molar-refractivity contribution in [2.45, 2.75) is 45.5 Å². The fourth-order valence-corrected chi connectivity index (χ4v) is 4.56. The van der Waals surface area contributed by atoms with Gasteiger partial charge in [-0.15, -0.1) is 0 Å². The standard InChI is InChI=1S/C23H28Br2NO7P/c1-5-8-32-22(29)19(12(2)3)26-21(28)15-11-14(6-7-18(15)27)33-20-16(24)9-13(10-17(20)25)23(4,30)34-31/h6-7,9-12,19,27,30H,5,8,34H2,1-4H3,(H,26,28). The van der Waals surface area contributed by atoms with Crippen LogP contribution in [0.3, 0.4) is 0 Å². The Morgan fingerprint density at radius 3 is 2.32 bits per heavy atom. The van der Waals surface area contributed by atoms with Gasteiger partial charge in [-0.1, -0.05) is 20.8 Å². The number of amides is 1. The van der Waals surface area contributed by atoms with Crippen LogP contribution >= 0.6 is 40.3 Å². The van der Waals surface area contributed by atoms with Crippen molar-refractivity contribution >= 4 is 52.2 Å². The van der Waals surface area contributed by atoms with Crippen LogP contribution < -0.4 is 10.1 Å². The molecule has 0 saturated heterocycles. The molecular weight excluding hydrogens is 593 g/mol. The van der Waals surface area contributed by atoms with Crippen LogP contribution in [0.1, 0.15) is 50.0 Å². The topological polar surface area (TPSA) is 122 Å². The predicted molar refractivity (Wildman–Crippen MR) is 137 cm³/mol. The van der Waals surface area contributed by atoms with Crippen LogP contribution in [0.2, 0.25) is 0 Å². The van der Waals surface area contributed by atoms with Gasteiger partial charge >= 0.3 is 5.97 Å². The maximum atomic E-state index is 12.9. The third kappa shape index (κ3) is 7.07. The number of hydrogen-bond donors (Lipinski definition) is 3. The van der Waals surface area contributed by atoms with Gasteiger partial charge in [-0.25, -0.2) is 4.79 Å². The summed E-state index contributed by atoms with van der Waals surface area (Å²) in [5.74, 6) is -1.11. The van der Waals surface area contributed by atoms with E-state index in [1.54, 1.807) is 26.0 Å². The molecule has 1 amide bonds. The number of esters is 1. The van der Waals surface area contributed by atoms with Crippen molar-refractivity contribution in [2.24, 2.45) is 5.92 Å². The molecule has 0 spiro atoms. The number of nitrogens with one attached hydrogen (secondary N) is 1. The minimum atomic E-state index is -1.48. The molecule has 0 aliphatic heterocycles.